The zero-order valence-corrected chi connectivity index (χ0v) is 8.79. The molecule has 6 heteroatoms. The van der Waals surface area contributed by atoms with Crippen molar-refractivity contribution in [1.82, 2.24) is 25.9 Å². The minimum absolute atomic E-state index is 0.0401. The van der Waals surface area contributed by atoms with Gasteiger partial charge in [-0.3, -0.25) is 4.79 Å². The molecule has 0 saturated heterocycles. The Hall–Kier alpha value is -1.46. The number of hydrogen-bond donors (Lipinski definition) is 2. The molecule has 15 heavy (non-hydrogen) atoms. The number of carbonyl (C=O) groups is 1. The molecule has 1 fully saturated rings. The van der Waals surface area contributed by atoms with Crippen molar-refractivity contribution in [3.8, 4) is 0 Å². The molecule has 6 nitrogen and oxygen atoms in total. The van der Waals surface area contributed by atoms with E-state index >= 15 is 0 Å². The fourth-order valence-electron chi connectivity index (χ4n) is 2.26. The minimum atomic E-state index is -0.392. The molecule has 1 heterocycles. The second-order valence-electron chi connectivity index (χ2n) is 4.06. The van der Waals surface area contributed by atoms with Gasteiger partial charge in [0.25, 0.3) is 0 Å². The van der Waals surface area contributed by atoms with Crippen molar-refractivity contribution in [1.29, 1.82) is 0 Å². The SMILES string of the molecule is CC(=O)NC1(c2nn[nH]n2)CCCCC1. The predicted molar refractivity (Wildman–Crippen MR) is 52.8 cm³/mol. The molecular weight excluding hydrogens is 194 g/mol. The molecule has 2 rings (SSSR count). The topological polar surface area (TPSA) is 83.6 Å². The van der Waals surface area contributed by atoms with Crippen LogP contribution in [0.2, 0.25) is 0 Å². The summed E-state index contributed by atoms with van der Waals surface area (Å²) >= 11 is 0. The second-order valence-corrected chi connectivity index (χ2v) is 4.06. The van der Waals surface area contributed by atoms with Gasteiger partial charge in [0.05, 0.1) is 0 Å². The fourth-order valence-corrected chi connectivity index (χ4v) is 2.26. The first-order valence-corrected chi connectivity index (χ1v) is 5.26. The van der Waals surface area contributed by atoms with Crippen LogP contribution in [0.5, 0.6) is 0 Å². The molecule has 1 aliphatic carbocycles. The summed E-state index contributed by atoms with van der Waals surface area (Å²) in [6, 6.07) is 0. The smallest absolute Gasteiger partial charge is 0.217 e. The Labute approximate surface area is 87.8 Å². The van der Waals surface area contributed by atoms with Crippen molar-refractivity contribution >= 4 is 5.91 Å². The summed E-state index contributed by atoms with van der Waals surface area (Å²) in [5, 5.41) is 17.0. The van der Waals surface area contributed by atoms with Crippen LogP contribution in [0.1, 0.15) is 44.9 Å². The standard InChI is InChI=1S/C9H15N5O/c1-7(15)10-9(5-3-2-4-6-9)8-11-13-14-12-8/h2-6H2,1H3,(H,10,15)(H,11,12,13,14). The van der Waals surface area contributed by atoms with Gasteiger partial charge < -0.3 is 5.32 Å². The van der Waals surface area contributed by atoms with E-state index < -0.39 is 5.54 Å². The van der Waals surface area contributed by atoms with Crippen LogP contribution in [0.4, 0.5) is 0 Å². The summed E-state index contributed by atoms with van der Waals surface area (Å²) in [6.07, 6.45) is 5.18. The largest absolute Gasteiger partial charge is 0.343 e. The first kappa shape index (κ1) is 10.1. The maximum absolute atomic E-state index is 11.2. The lowest BCUT2D eigenvalue weighted by molar-refractivity contribution is -0.121. The number of aromatic nitrogens is 4. The quantitative estimate of drug-likeness (QED) is 0.742. The van der Waals surface area contributed by atoms with Crippen LogP contribution >= 0.6 is 0 Å². The van der Waals surface area contributed by atoms with Crippen LogP contribution in [0.25, 0.3) is 0 Å². The van der Waals surface area contributed by atoms with Crippen LogP contribution in [0.15, 0.2) is 0 Å². The number of tetrazole rings is 1. The number of nitrogens with zero attached hydrogens (tertiary/aromatic N) is 3. The van der Waals surface area contributed by atoms with Crippen LogP contribution in [-0.2, 0) is 10.3 Å². The zero-order valence-electron chi connectivity index (χ0n) is 8.79. The number of carbonyl (C=O) groups excluding carboxylic acids is 1. The molecule has 0 bridgehead atoms. The Balaban J connectivity index is 2.25. The number of H-pyrrole nitrogens is 1. The summed E-state index contributed by atoms with van der Waals surface area (Å²) in [4.78, 5) is 11.2. The van der Waals surface area contributed by atoms with Gasteiger partial charge in [0.2, 0.25) is 5.91 Å². The van der Waals surface area contributed by atoms with E-state index in [1.165, 1.54) is 13.3 Å². The highest BCUT2D eigenvalue weighted by Gasteiger charge is 2.38. The average Bonchev–Trinajstić information content (AvgIpc) is 2.71. The van der Waals surface area contributed by atoms with Crippen molar-refractivity contribution in [3.63, 3.8) is 0 Å². The first-order chi connectivity index (χ1) is 7.23. The van der Waals surface area contributed by atoms with E-state index in [9.17, 15) is 4.79 Å². The van der Waals surface area contributed by atoms with Gasteiger partial charge in [-0.1, -0.05) is 24.5 Å². The van der Waals surface area contributed by atoms with Crippen molar-refractivity contribution in [3.05, 3.63) is 5.82 Å². The van der Waals surface area contributed by atoms with E-state index in [1.54, 1.807) is 0 Å². The molecule has 1 amide bonds. The lowest BCUT2D eigenvalue weighted by Crippen LogP contribution is -2.47. The molecule has 0 aromatic carbocycles. The normalized spacial score (nSPS) is 19.8. The van der Waals surface area contributed by atoms with E-state index in [4.69, 9.17) is 0 Å². The third-order valence-corrected chi connectivity index (χ3v) is 2.90. The number of aromatic amines is 1. The van der Waals surface area contributed by atoms with Gasteiger partial charge in [0.1, 0.15) is 5.54 Å². The Kier molecular flexibility index (Phi) is 2.66. The maximum atomic E-state index is 11.2. The molecular formula is C9H15N5O. The van der Waals surface area contributed by atoms with E-state index in [0.717, 1.165) is 25.7 Å². The number of amides is 1. The minimum Gasteiger partial charge on any atom is -0.343 e. The third kappa shape index (κ3) is 1.98. The van der Waals surface area contributed by atoms with Crippen molar-refractivity contribution in [2.75, 3.05) is 0 Å². The predicted octanol–water partition coefficient (Wildman–Crippen LogP) is 0.495. The Morgan fingerprint density at radius 1 is 1.40 bits per heavy atom. The molecule has 1 aliphatic rings. The van der Waals surface area contributed by atoms with E-state index in [-0.39, 0.29) is 5.91 Å². The zero-order chi connectivity index (χ0) is 10.7. The monoisotopic (exact) mass is 209 g/mol. The van der Waals surface area contributed by atoms with E-state index in [0.29, 0.717) is 5.82 Å². The van der Waals surface area contributed by atoms with Gasteiger partial charge in [0, 0.05) is 6.92 Å². The Bertz CT molecular complexity index is 328. The van der Waals surface area contributed by atoms with Gasteiger partial charge in [0.15, 0.2) is 5.82 Å². The van der Waals surface area contributed by atoms with Crippen LogP contribution in [0, 0.1) is 0 Å². The lowest BCUT2D eigenvalue weighted by atomic mass is 9.81. The summed E-state index contributed by atoms with van der Waals surface area (Å²) in [5.41, 5.74) is -0.392. The summed E-state index contributed by atoms with van der Waals surface area (Å²) in [7, 11) is 0. The average molecular weight is 209 g/mol. The molecule has 1 aromatic rings. The summed E-state index contributed by atoms with van der Waals surface area (Å²) in [6.45, 7) is 1.52. The molecule has 1 saturated carbocycles. The summed E-state index contributed by atoms with van der Waals surface area (Å²) in [5.74, 6) is 0.569. The van der Waals surface area contributed by atoms with Crippen LogP contribution in [0.3, 0.4) is 0 Å². The van der Waals surface area contributed by atoms with Gasteiger partial charge in [-0.05, 0) is 12.8 Å². The molecule has 0 spiro atoms. The molecule has 82 valence electrons. The molecule has 2 N–H and O–H groups in total. The van der Waals surface area contributed by atoms with E-state index in [1.807, 2.05) is 0 Å². The van der Waals surface area contributed by atoms with E-state index in [2.05, 4.69) is 25.9 Å². The third-order valence-electron chi connectivity index (χ3n) is 2.90. The molecule has 0 unspecified atom stereocenters. The van der Waals surface area contributed by atoms with Crippen molar-refractivity contribution in [2.45, 2.75) is 44.6 Å². The van der Waals surface area contributed by atoms with Gasteiger partial charge in [-0.25, -0.2) is 0 Å². The van der Waals surface area contributed by atoms with Crippen LogP contribution < -0.4 is 5.32 Å². The first-order valence-electron chi connectivity index (χ1n) is 5.26. The van der Waals surface area contributed by atoms with Gasteiger partial charge in [-0.2, -0.15) is 5.21 Å². The van der Waals surface area contributed by atoms with Crippen molar-refractivity contribution < 1.29 is 4.79 Å². The maximum Gasteiger partial charge on any atom is 0.217 e. The lowest BCUT2D eigenvalue weighted by Gasteiger charge is -2.34. The second kappa shape index (κ2) is 3.96. The fraction of sp³-hybridized carbons (Fsp3) is 0.778. The number of rotatable bonds is 2. The van der Waals surface area contributed by atoms with Crippen molar-refractivity contribution in [2.24, 2.45) is 0 Å². The van der Waals surface area contributed by atoms with Gasteiger partial charge >= 0.3 is 0 Å². The summed E-state index contributed by atoms with van der Waals surface area (Å²) < 4.78 is 0. The molecule has 0 radical (unpaired) electrons. The van der Waals surface area contributed by atoms with Gasteiger partial charge in [-0.15, -0.1) is 10.2 Å². The highest BCUT2D eigenvalue weighted by molar-refractivity contribution is 5.73. The number of nitrogens with one attached hydrogen (secondary N) is 2. The van der Waals surface area contributed by atoms with Crippen LogP contribution in [-0.4, -0.2) is 26.5 Å². The number of hydrogen-bond acceptors (Lipinski definition) is 4. The Morgan fingerprint density at radius 2 is 2.13 bits per heavy atom. The highest BCUT2D eigenvalue weighted by Crippen LogP contribution is 2.34. The Morgan fingerprint density at radius 3 is 2.67 bits per heavy atom. The highest BCUT2D eigenvalue weighted by atomic mass is 16.1. The molecule has 0 aliphatic heterocycles. The molecule has 0 atom stereocenters. The molecule has 1 aromatic heterocycles.